The van der Waals surface area contributed by atoms with Crippen LogP contribution in [0.1, 0.15) is 11.3 Å². The van der Waals surface area contributed by atoms with Crippen LogP contribution in [0.25, 0.3) is 0 Å². The van der Waals surface area contributed by atoms with Crippen molar-refractivity contribution in [2.45, 2.75) is 13.1 Å². The summed E-state index contributed by atoms with van der Waals surface area (Å²) in [5, 5.41) is 14.3. The second kappa shape index (κ2) is 7.56. The fourth-order valence-electron chi connectivity index (χ4n) is 2.16. The molecule has 0 spiro atoms. The maximum absolute atomic E-state index is 11.0. The summed E-state index contributed by atoms with van der Waals surface area (Å²) in [4.78, 5) is 10.7. The standard InChI is InChI=1S/C15H19N3O3/c1-21-10-8-16-11-14-6-4-9-17(14)12-13-5-2-3-7-15(13)18(19)20/h2-7,9,16H,8,10-12H2,1H3. The van der Waals surface area contributed by atoms with E-state index in [1.165, 1.54) is 6.07 Å². The van der Waals surface area contributed by atoms with E-state index in [0.29, 0.717) is 25.3 Å². The van der Waals surface area contributed by atoms with Gasteiger partial charge in [-0.3, -0.25) is 10.1 Å². The normalized spacial score (nSPS) is 10.7. The zero-order chi connectivity index (χ0) is 15.1. The van der Waals surface area contributed by atoms with Crippen molar-refractivity contribution in [2.24, 2.45) is 0 Å². The summed E-state index contributed by atoms with van der Waals surface area (Å²) >= 11 is 0. The molecule has 112 valence electrons. The number of hydrogen-bond donors (Lipinski definition) is 1. The van der Waals surface area contributed by atoms with Crippen LogP contribution >= 0.6 is 0 Å². The Bertz CT molecular complexity index is 595. The number of nitrogens with one attached hydrogen (secondary N) is 1. The van der Waals surface area contributed by atoms with Gasteiger partial charge in [0.2, 0.25) is 0 Å². The lowest BCUT2D eigenvalue weighted by atomic mass is 10.2. The first kappa shape index (κ1) is 15.2. The number of ether oxygens (including phenoxy) is 1. The topological polar surface area (TPSA) is 69.3 Å². The molecule has 0 saturated carbocycles. The first-order valence-corrected chi connectivity index (χ1v) is 6.78. The van der Waals surface area contributed by atoms with E-state index in [1.54, 1.807) is 19.2 Å². The SMILES string of the molecule is COCCNCc1cccn1Cc1ccccc1[N+](=O)[O-]. The van der Waals surface area contributed by atoms with Crippen LogP contribution < -0.4 is 5.32 Å². The molecule has 0 aliphatic carbocycles. The van der Waals surface area contributed by atoms with Crippen molar-refractivity contribution >= 4 is 5.69 Å². The van der Waals surface area contributed by atoms with E-state index in [0.717, 1.165) is 12.2 Å². The molecular weight excluding hydrogens is 270 g/mol. The van der Waals surface area contributed by atoms with Gasteiger partial charge in [0.25, 0.3) is 5.69 Å². The molecule has 6 nitrogen and oxygen atoms in total. The van der Waals surface area contributed by atoms with E-state index in [4.69, 9.17) is 4.74 Å². The zero-order valence-electron chi connectivity index (χ0n) is 12.0. The highest BCUT2D eigenvalue weighted by Gasteiger charge is 2.13. The third kappa shape index (κ3) is 4.14. The summed E-state index contributed by atoms with van der Waals surface area (Å²) in [6, 6.07) is 10.8. The van der Waals surface area contributed by atoms with Gasteiger partial charge in [0.1, 0.15) is 0 Å². The molecular formula is C15H19N3O3. The molecule has 0 saturated heterocycles. The Morgan fingerprint density at radius 3 is 2.86 bits per heavy atom. The van der Waals surface area contributed by atoms with Crippen LogP contribution in [0.4, 0.5) is 5.69 Å². The van der Waals surface area contributed by atoms with Gasteiger partial charge in [0.15, 0.2) is 0 Å². The van der Waals surface area contributed by atoms with Gasteiger partial charge in [-0.05, 0) is 12.1 Å². The van der Waals surface area contributed by atoms with Gasteiger partial charge in [0.05, 0.1) is 18.1 Å². The minimum absolute atomic E-state index is 0.157. The van der Waals surface area contributed by atoms with Gasteiger partial charge >= 0.3 is 0 Å². The van der Waals surface area contributed by atoms with Gasteiger partial charge in [0, 0.05) is 43.7 Å². The number of benzene rings is 1. The van der Waals surface area contributed by atoms with Crippen LogP contribution in [0.15, 0.2) is 42.6 Å². The second-order valence-electron chi connectivity index (χ2n) is 4.68. The number of rotatable bonds is 8. The lowest BCUT2D eigenvalue weighted by molar-refractivity contribution is -0.385. The first-order valence-electron chi connectivity index (χ1n) is 6.78. The number of aromatic nitrogens is 1. The number of para-hydroxylation sites is 1. The quantitative estimate of drug-likeness (QED) is 0.459. The highest BCUT2D eigenvalue weighted by atomic mass is 16.6. The van der Waals surface area contributed by atoms with Gasteiger partial charge in [-0.2, -0.15) is 0 Å². The molecule has 0 aliphatic heterocycles. The average molecular weight is 289 g/mol. The summed E-state index contributed by atoms with van der Waals surface area (Å²) in [6.45, 7) is 2.63. The van der Waals surface area contributed by atoms with E-state index >= 15 is 0 Å². The number of methoxy groups -OCH3 is 1. The van der Waals surface area contributed by atoms with E-state index in [2.05, 4.69) is 5.32 Å². The number of hydrogen-bond acceptors (Lipinski definition) is 4. The molecule has 0 aliphatic rings. The van der Waals surface area contributed by atoms with Crippen molar-refractivity contribution in [3.63, 3.8) is 0 Å². The molecule has 0 bridgehead atoms. The molecule has 0 atom stereocenters. The van der Waals surface area contributed by atoms with Crippen LogP contribution in [0.3, 0.4) is 0 Å². The molecule has 0 radical (unpaired) electrons. The van der Waals surface area contributed by atoms with Gasteiger partial charge in [-0.25, -0.2) is 0 Å². The van der Waals surface area contributed by atoms with Crippen molar-refractivity contribution in [2.75, 3.05) is 20.3 Å². The van der Waals surface area contributed by atoms with Crippen molar-refractivity contribution in [1.29, 1.82) is 0 Å². The molecule has 1 heterocycles. The molecule has 0 amide bonds. The fourth-order valence-corrected chi connectivity index (χ4v) is 2.16. The molecule has 0 unspecified atom stereocenters. The number of nitro benzene ring substituents is 1. The molecule has 6 heteroatoms. The Kier molecular flexibility index (Phi) is 5.48. The monoisotopic (exact) mass is 289 g/mol. The predicted molar refractivity (Wildman–Crippen MR) is 80.2 cm³/mol. The predicted octanol–water partition coefficient (Wildman–Crippen LogP) is 2.18. The van der Waals surface area contributed by atoms with Crippen molar-refractivity contribution in [3.05, 3.63) is 64.0 Å². The summed E-state index contributed by atoms with van der Waals surface area (Å²) in [5.74, 6) is 0. The Hall–Kier alpha value is -2.18. The molecule has 1 N–H and O–H groups in total. The van der Waals surface area contributed by atoms with E-state index < -0.39 is 0 Å². The molecule has 1 aromatic carbocycles. The third-order valence-corrected chi connectivity index (χ3v) is 3.24. The Labute approximate surface area is 123 Å². The third-order valence-electron chi connectivity index (χ3n) is 3.24. The second-order valence-corrected chi connectivity index (χ2v) is 4.68. The lowest BCUT2D eigenvalue weighted by Gasteiger charge is -2.10. The van der Waals surface area contributed by atoms with Gasteiger partial charge in [-0.1, -0.05) is 18.2 Å². The van der Waals surface area contributed by atoms with E-state index in [-0.39, 0.29) is 10.6 Å². The van der Waals surface area contributed by atoms with Crippen molar-refractivity contribution in [1.82, 2.24) is 9.88 Å². The molecule has 2 rings (SSSR count). The van der Waals surface area contributed by atoms with Crippen molar-refractivity contribution in [3.8, 4) is 0 Å². The van der Waals surface area contributed by atoms with Crippen LogP contribution in [-0.4, -0.2) is 29.8 Å². The minimum atomic E-state index is -0.338. The largest absolute Gasteiger partial charge is 0.383 e. The first-order chi connectivity index (χ1) is 10.2. The van der Waals surface area contributed by atoms with E-state index in [1.807, 2.05) is 29.0 Å². The molecule has 1 aromatic heterocycles. The van der Waals surface area contributed by atoms with Crippen molar-refractivity contribution < 1.29 is 9.66 Å². The summed E-state index contributed by atoms with van der Waals surface area (Å²) in [6.07, 6.45) is 1.93. The van der Waals surface area contributed by atoms with E-state index in [9.17, 15) is 10.1 Å². The zero-order valence-corrected chi connectivity index (χ0v) is 12.0. The van der Waals surface area contributed by atoms with Crippen LogP contribution in [0.5, 0.6) is 0 Å². The lowest BCUT2D eigenvalue weighted by Crippen LogP contribution is -2.20. The smallest absolute Gasteiger partial charge is 0.274 e. The van der Waals surface area contributed by atoms with Crippen LogP contribution in [0.2, 0.25) is 0 Å². The Morgan fingerprint density at radius 2 is 2.10 bits per heavy atom. The van der Waals surface area contributed by atoms with Crippen LogP contribution in [-0.2, 0) is 17.8 Å². The Morgan fingerprint density at radius 1 is 1.29 bits per heavy atom. The summed E-state index contributed by atoms with van der Waals surface area (Å²) in [5.41, 5.74) is 1.95. The van der Waals surface area contributed by atoms with Gasteiger partial charge < -0.3 is 14.6 Å². The Balaban J connectivity index is 2.07. The fraction of sp³-hybridized carbons (Fsp3) is 0.333. The highest BCUT2D eigenvalue weighted by molar-refractivity contribution is 5.40. The maximum atomic E-state index is 11.0. The maximum Gasteiger partial charge on any atom is 0.274 e. The van der Waals surface area contributed by atoms with Crippen LogP contribution in [0, 0.1) is 10.1 Å². The summed E-state index contributed by atoms with van der Waals surface area (Å²) in [7, 11) is 1.67. The minimum Gasteiger partial charge on any atom is -0.383 e. The highest BCUT2D eigenvalue weighted by Crippen LogP contribution is 2.19. The number of nitrogens with zero attached hydrogens (tertiary/aromatic N) is 2. The molecule has 0 fully saturated rings. The molecule has 2 aromatic rings. The van der Waals surface area contributed by atoms with Gasteiger partial charge in [-0.15, -0.1) is 0 Å². The summed E-state index contributed by atoms with van der Waals surface area (Å²) < 4.78 is 7.00. The number of nitro groups is 1. The average Bonchev–Trinajstić information content (AvgIpc) is 2.91. The molecule has 21 heavy (non-hydrogen) atoms.